The summed E-state index contributed by atoms with van der Waals surface area (Å²) in [5.74, 6) is 0.514. The van der Waals surface area contributed by atoms with Gasteiger partial charge in [-0.25, -0.2) is 0 Å². The summed E-state index contributed by atoms with van der Waals surface area (Å²) >= 11 is 0. The molecule has 3 nitrogen and oxygen atoms in total. The lowest BCUT2D eigenvalue weighted by Crippen LogP contribution is -2.47. The molecule has 0 aromatic rings. The highest BCUT2D eigenvalue weighted by atomic mass is 15.1. The third kappa shape index (κ3) is 4.78. The fourth-order valence-corrected chi connectivity index (χ4v) is 3.47. The van der Waals surface area contributed by atoms with Crippen molar-refractivity contribution in [1.82, 2.24) is 10.2 Å². The first kappa shape index (κ1) is 16.5. The normalized spacial score (nSPS) is 27.7. The van der Waals surface area contributed by atoms with E-state index in [0.717, 1.165) is 32.5 Å². The topological polar surface area (TPSA) is 39.1 Å². The van der Waals surface area contributed by atoms with Crippen LogP contribution in [0.1, 0.15) is 53.4 Å². The van der Waals surface area contributed by atoms with Crippen LogP contribution in [0.15, 0.2) is 0 Å². The molecule has 0 aromatic carbocycles. The first-order valence-electron chi connectivity index (χ1n) is 7.68. The Labute approximate surface area is 119 Å². The Morgan fingerprint density at radius 3 is 2.63 bits per heavy atom. The van der Waals surface area contributed by atoms with Crippen LogP contribution >= 0.6 is 0 Å². The van der Waals surface area contributed by atoms with E-state index in [1.54, 1.807) is 0 Å². The zero-order valence-electron chi connectivity index (χ0n) is 13.4. The van der Waals surface area contributed by atoms with E-state index >= 15 is 0 Å². The van der Waals surface area contributed by atoms with Crippen molar-refractivity contribution in [3.8, 4) is 6.07 Å². The van der Waals surface area contributed by atoms with Gasteiger partial charge in [0.2, 0.25) is 0 Å². The van der Waals surface area contributed by atoms with Gasteiger partial charge in [0.25, 0.3) is 0 Å². The third-order valence-electron chi connectivity index (χ3n) is 4.12. The summed E-state index contributed by atoms with van der Waals surface area (Å²) in [5.41, 5.74) is 0.0930. The molecule has 1 N–H and O–H groups in total. The Morgan fingerprint density at radius 2 is 2.11 bits per heavy atom. The van der Waals surface area contributed by atoms with Gasteiger partial charge in [0, 0.05) is 6.54 Å². The molecule has 19 heavy (non-hydrogen) atoms. The Balaban J connectivity index is 2.50. The minimum absolute atomic E-state index is 0.253. The van der Waals surface area contributed by atoms with Crippen LogP contribution in [0.5, 0.6) is 0 Å². The second-order valence-corrected chi connectivity index (χ2v) is 7.29. The molecule has 0 aromatic heterocycles. The molecule has 0 aliphatic heterocycles. The molecular formula is C16H31N3. The molecule has 0 spiro atoms. The smallest absolute Gasteiger partial charge is 0.109 e. The highest BCUT2D eigenvalue weighted by molar-refractivity contribution is 5.14. The van der Waals surface area contributed by atoms with Gasteiger partial charge in [-0.3, -0.25) is 5.32 Å². The number of nitriles is 1. The molecule has 2 atom stereocenters. The van der Waals surface area contributed by atoms with Crippen molar-refractivity contribution in [2.75, 3.05) is 26.7 Å². The van der Waals surface area contributed by atoms with E-state index in [0.29, 0.717) is 11.3 Å². The van der Waals surface area contributed by atoms with E-state index < -0.39 is 0 Å². The van der Waals surface area contributed by atoms with Crippen LogP contribution in [0.25, 0.3) is 0 Å². The molecule has 1 fully saturated rings. The zero-order chi connectivity index (χ0) is 14.5. The quantitative estimate of drug-likeness (QED) is 0.802. The highest BCUT2D eigenvalue weighted by Gasteiger charge is 2.42. The van der Waals surface area contributed by atoms with E-state index in [1.807, 2.05) is 0 Å². The molecule has 110 valence electrons. The van der Waals surface area contributed by atoms with Crippen LogP contribution in [-0.4, -0.2) is 37.1 Å². The molecule has 0 amide bonds. The van der Waals surface area contributed by atoms with Gasteiger partial charge in [-0.2, -0.15) is 5.26 Å². The van der Waals surface area contributed by atoms with Crippen molar-refractivity contribution < 1.29 is 0 Å². The number of hydrogen-bond donors (Lipinski definition) is 1. The lowest BCUT2D eigenvalue weighted by molar-refractivity contribution is 0.199. The molecule has 1 aliphatic rings. The Bertz CT molecular complexity index is 313. The van der Waals surface area contributed by atoms with Crippen LogP contribution in [0.4, 0.5) is 0 Å². The largest absolute Gasteiger partial charge is 0.306 e. The standard InChI is InChI=1S/C16H31N3/c1-6-18-16(12-17)10-7-8-14(16)9-11-19(5)13-15(2,3)4/h14,18H,6-11,13H2,1-5H3. The maximum Gasteiger partial charge on any atom is 0.109 e. The molecule has 0 radical (unpaired) electrons. The Hall–Kier alpha value is -0.590. The van der Waals surface area contributed by atoms with Crippen LogP contribution in [0, 0.1) is 22.7 Å². The third-order valence-corrected chi connectivity index (χ3v) is 4.12. The number of nitrogens with zero attached hydrogens (tertiary/aromatic N) is 2. The van der Waals surface area contributed by atoms with E-state index in [4.69, 9.17) is 0 Å². The Morgan fingerprint density at radius 1 is 1.42 bits per heavy atom. The minimum atomic E-state index is -0.253. The van der Waals surface area contributed by atoms with Crippen molar-refractivity contribution in [2.24, 2.45) is 11.3 Å². The monoisotopic (exact) mass is 265 g/mol. The van der Waals surface area contributed by atoms with Gasteiger partial charge in [0.05, 0.1) is 6.07 Å². The SMILES string of the molecule is CCNC1(C#N)CCCC1CCN(C)CC(C)(C)C. The summed E-state index contributed by atoms with van der Waals surface area (Å²) < 4.78 is 0. The average molecular weight is 265 g/mol. The van der Waals surface area contributed by atoms with Crippen molar-refractivity contribution >= 4 is 0 Å². The summed E-state index contributed by atoms with van der Waals surface area (Å²) in [7, 11) is 2.20. The van der Waals surface area contributed by atoms with Gasteiger partial charge in [0.1, 0.15) is 5.54 Å². The van der Waals surface area contributed by atoms with E-state index in [-0.39, 0.29) is 5.54 Å². The van der Waals surface area contributed by atoms with Gasteiger partial charge >= 0.3 is 0 Å². The molecule has 1 rings (SSSR count). The van der Waals surface area contributed by atoms with Gasteiger partial charge in [0.15, 0.2) is 0 Å². The first-order chi connectivity index (χ1) is 8.83. The van der Waals surface area contributed by atoms with Crippen LogP contribution in [0.2, 0.25) is 0 Å². The average Bonchev–Trinajstić information content (AvgIpc) is 2.68. The van der Waals surface area contributed by atoms with E-state index in [9.17, 15) is 5.26 Å². The number of nitrogens with one attached hydrogen (secondary N) is 1. The van der Waals surface area contributed by atoms with Crippen molar-refractivity contribution in [3.63, 3.8) is 0 Å². The van der Waals surface area contributed by atoms with Gasteiger partial charge < -0.3 is 4.90 Å². The summed E-state index contributed by atoms with van der Waals surface area (Å²) in [4.78, 5) is 2.41. The number of hydrogen-bond acceptors (Lipinski definition) is 3. The van der Waals surface area contributed by atoms with Gasteiger partial charge in [-0.1, -0.05) is 34.1 Å². The Kier molecular flexibility index (Phi) is 5.82. The van der Waals surface area contributed by atoms with E-state index in [2.05, 4.69) is 51.0 Å². The van der Waals surface area contributed by atoms with Crippen LogP contribution < -0.4 is 5.32 Å². The second-order valence-electron chi connectivity index (χ2n) is 7.29. The fourth-order valence-electron chi connectivity index (χ4n) is 3.47. The molecule has 3 heteroatoms. The maximum absolute atomic E-state index is 9.54. The van der Waals surface area contributed by atoms with Crippen molar-refractivity contribution in [1.29, 1.82) is 5.26 Å². The molecule has 0 bridgehead atoms. The van der Waals surface area contributed by atoms with Crippen LogP contribution in [-0.2, 0) is 0 Å². The summed E-state index contributed by atoms with van der Waals surface area (Å²) in [6, 6.07) is 2.57. The fraction of sp³-hybridized carbons (Fsp3) is 0.938. The maximum atomic E-state index is 9.54. The molecule has 2 unspecified atom stereocenters. The zero-order valence-corrected chi connectivity index (χ0v) is 13.4. The van der Waals surface area contributed by atoms with Crippen LogP contribution in [0.3, 0.4) is 0 Å². The summed E-state index contributed by atoms with van der Waals surface area (Å²) in [6.45, 7) is 12.0. The van der Waals surface area contributed by atoms with Crippen molar-refractivity contribution in [3.05, 3.63) is 0 Å². The molecule has 1 saturated carbocycles. The minimum Gasteiger partial charge on any atom is -0.306 e. The highest BCUT2D eigenvalue weighted by Crippen LogP contribution is 2.37. The molecule has 1 aliphatic carbocycles. The summed E-state index contributed by atoms with van der Waals surface area (Å²) in [5, 5.41) is 13.0. The predicted molar refractivity (Wildman–Crippen MR) is 80.9 cm³/mol. The summed E-state index contributed by atoms with van der Waals surface area (Å²) in [6.07, 6.45) is 4.54. The first-order valence-corrected chi connectivity index (χ1v) is 7.68. The second kappa shape index (κ2) is 6.72. The predicted octanol–water partition coefficient (Wildman–Crippen LogP) is 3.03. The number of rotatable bonds is 6. The van der Waals surface area contributed by atoms with Gasteiger partial charge in [-0.15, -0.1) is 0 Å². The molecule has 0 heterocycles. The van der Waals surface area contributed by atoms with Crippen molar-refractivity contribution in [2.45, 2.75) is 58.9 Å². The van der Waals surface area contributed by atoms with E-state index in [1.165, 1.54) is 12.8 Å². The van der Waals surface area contributed by atoms with Gasteiger partial charge in [-0.05, 0) is 50.7 Å². The lowest BCUT2D eigenvalue weighted by Gasteiger charge is -2.32. The molecule has 0 saturated heterocycles. The lowest BCUT2D eigenvalue weighted by atomic mass is 9.85. The molecular weight excluding hydrogens is 234 g/mol.